The number of rotatable bonds is 7. The van der Waals surface area contributed by atoms with Gasteiger partial charge in [-0.3, -0.25) is 14.9 Å². The fourth-order valence-corrected chi connectivity index (χ4v) is 1.80. The van der Waals surface area contributed by atoms with E-state index >= 15 is 0 Å². The summed E-state index contributed by atoms with van der Waals surface area (Å²) >= 11 is 0. The zero-order valence-electron chi connectivity index (χ0n) is 13.1. The summed E-state index contributed by atoms with van der Waals surface area (Å²) in [5.74, 6) is -2.25. The number of nitro groups is 2. The third-order valence-corrected chi connectivity index (χ3v) is 2.76. The quantitative estimate of drug-likeness (QED) is 0.326. The molecule has 1 aromatic heterocycles. The molecule has 0 aromatic carbocycles. The molecule has 12 nitrogen and oxygen atoms in total. The van der Waals surface area contributed by atoms with Crippen LogP contribution in [0.1, 0.15) is 19.5 Å². The first-order valence-corrected chi connectivity index (χ1v) is 6.68. The minimum absolute atomic E-state index is 0.131. The summed E-state index contributed by atoms with van der Waals surface area (Å²) in [6, 6.07) is 0. The van der Waals surface area contributed by atoms with Gasteiger partial charge < -0.3 is 20.2 Å². The number of ether oxygens (including phenoxy) is 1. The summed E-state index contributed by atoms with van der Waals surface area (Å²) in [4.78, 5) is 42.9. The number of esters is 1. The second kappa shape index (κ2) is 7.80. The van der Waals surface area contributed by atoms with E-state index in [9.17, 15) is 29.8 Å². The van der Waals surface area contributed by atoms with Crippen LogP contribution >= 0.6 is 0 Å². The van der Waals surface area contributed by atoms with E-state index in [1.165, 1.54) is 13.8 Å². The molecule has 0 aliphatic heterocycles. The van der Waals surface area contributed by atoms with Gasteiger partial charge in [-0.15, -0.1) is 0 Å². The summed E-state index contributed by atoms with van der Waals surface area (Å²) in [6.45, 7) is 3.99. The van der Waals surface area contributed by atoms with Gasteiger partial charge in [-0.05, 0) is 25.7 Å². The molecule has 1 rings (SSSR count). The van der Waals surface area contributed by atoms with Gasteiger partial charge in [0, 0.05) is 11.8 Å². The SMILES string of the molecule is CCOC(=O)/C=C(\C)NC(=O)Cn1nc([N+](=O)[O-])c([N+](=O)[O-])c1C. The van der Waals surface area contributed by atoms with Crippen LogP contribution in [0.3, 0.4) is 0 Å². The fourth-order valence-electron chi connectivity index (χ4n) is 1.80. The predicted molar refractivity (Wildman–Crippen MR) is 78.8 cm³/mol. The monoisotopic (exact) mass is 341 g/mol. The van der Waals surface area contributed by atoms with Crippen LogP contribution < -0.4 is 5.32 Å². The average molecular weight is 341 g/mol. The van der Waals surface area contributed by atoms with Crippen molar-refractivity contribution < 1.29 is 24.2 Å². The maximum atomic E-state index is 11.9. The van der Waals surface area contributed by atoms with Crippen molar-refractivity contribution in [2.75, 3.05) is 6.61 Å². The molecule has 0 atom stereocenters. The molecular weight excluding hydrogens is 326 g/mol. The Morgan fingerprint density at radius 1 is 1.33 bits per heavy atom. The topological polar surface area (TPSA) is 160 Å². The molecule has 12 heteroatoms. The Morgan fingerprint density at radius 2 is 1.96 bits per heavy atom. The van der Waals surface area contributed by atoms with Gasteiger partial charge in [0.15, 0.2) is 0 Å². The van der Waals surface area contributed by atoms with E-state index < -0.39 is 39.8 Å². The highest BCUT2D eigenvalue weighted by molar-refractivity contribution is 5.85. The van der Waals surface area contributed by atoms with Crippen LogP contribution in [0.5, 0.6) is 0 Å². The second-order valence-corrected chi connectivity index (χ2v) is 4.56. The second-order valence-electron chi connectivity index (χ2n) is 4.56. The van der Waals surface area contributed by atoms with Gasteiger partial charge in [0.2, 0.25) is 5.91 Å². The smallest absolute Gasteiger partial charge is 0.463 e. The lowest BCUT2D eigenvalue weighted by Gasteiger charge is -2.04. The first kappa shape index (κ1) is 18.7. The molecule has 0 radical (unpaired) electrons. The molecule has 1 amide bonds. The number of aromatic nitrogens is 2. The molecule has 1 N–H and O–H groups in total. The number of nitrogens with zero attached hydrogens (tertiary/aromatic N) is 4. The van der Waals surface area contributed by atoms with Crippen LogP contribution in [0.4, 0.5) is 11.5 Å². The van der Waals surface area contributed by atoms with E-state index in [1.807, 2.05) is 0 Å². The summed E-state index contributed by atoms with van der Waals surface area (Å²) in [5.41, 5.74) is -0.715. The number of amides is 1. The van der Waals surface area contributed by atoms with Crippen molar-refractivity contribution >= 4 is 23.4 Å². The molecular formula is C12H15N5O7. The highest BCUT2D eigenvalue weighted by atomic mass is 16.6. The number of nitrogens with one attached hydrogen (secondary N) is 1. The first-order valence-electron chi connectivity index (χ1n) is 6.68. The molecule has 0 bridgehead atoms. The van der Waals surface area contributed by atoms with Crippen molar-refractivity contribution in [3.63, 3.8) is 0 Å². The van der Waals surface area contributed by atoms with Crippen LogP contribution in [0.25, 0.3) is 0 Å². The van der Waals surface area contributed by atoms with E-state index in [0.717, 1.165) is 10.8 Å². The summed E-state index contributed by atoms with van der Waals surface area (Å²) < 4.78 is 5.52. The lowest BCUT2D eigenvalue weighted by Crippen LogP contribution is -2.27. The highest BCUT2D eigenvalue weighted by Gasteiger charge is 2.35. The van der Waals surface area contributed by atoms with Crippen molar-refractivity contribution in [2.24, 2.45) is 0 Å². The molecule has 0 fully saturated rings. The number of carbonyl (C=O) groups excluding carboxylic acids is 2. The van der Waals surface area contributed by atoms with Crippen molar-refractivity contribution in [3.05, 3.63) is 37.7 Å². The minimum atomic E-state index is -0.995. The van der Waals surface area contributed by atoms with Crippen LogP contribution in [-0.4, -0.2) is 38.1 Å². The lowest BCUT2D eigenvalue weighted by atomic mass is 10.3. The van der Waals surface area contributed by atoms with Gasteiger partial charge in [0.1, 0.15) is 12.2 Å². The van der Waals surface area contributed by atoms with Crippen molar-refractivity contribution in [3.8, 4) is 0 Å². The van der Waals surface area contributed by atoms with E-state index in [4.69, 9.17) is 0 Å². The summed E-state index contributed by atoms with van der Waals surface area (Å²) in [7, 11) is 0. The standard InChI is InChI=1S/C12H15N5O7/c1-4-24-10(19)5-7(2)13-9(18)6-15-8(3)11(16(20)21)12(14-15)17(22)23/h5H,4,6H2,1-3H3,(H,13,18)/b7-5+. The Labute approximate surface area is 135 Å². The molecule has 0 unspecified atom stereocenters. The van der Waals surface area contributed by atoms with Crippen LogP contribution in [0.15, 0.2) is 11.8 Å². The molecule has 1 heterocycles. The minimum Gasteiger partial charge on any atom is -0.463 e. The van der Waals surface area contributed by atoms with Crippen molar-refractivity contribution in [2.45, 2.75) is 27.3 Å². The highest BCUT2D eigenvalue weighted by Crippen LogP contribution is 2.28. The van der Waals surface area contributed by atoms with Crippen molar-refractivity contribution in [1.82, 2.24) is 15.1 Å². The van der Waals surface area contributed by atoms with E-state index in [2.05, 4.69) is 15.2 Å². The number of hydrogen-bond donors (Lipinski definition) is 1. The van der Waals surface area contributed by atoms with Crippen LogP contribution in [-0.2, 0) is 20.9 Å². The normalized spacial score (nSPS) is 11.0. The van der Waals surface area contributed by atoms with Gasteiger partial charge in [0.05, 0.1) is 16.6 Å². The van der Waals surface area contributed by atoms with Gasteiger partial charge in [-0.25, -0.2) is 4.79 Å². The van der Waals surface area contributed by atoms with Gasteiger partial charge >= 0.3 is 17.5 Å². The van der Waals surface area contributed by atoms with Gasteiger partial charge in [-0.2, -0.15) is 4.68 Å². The molecule has 0 spiro atoms. The van der Waals surface area contributed by atoms with Crippen LogP contribution in [0, 0.1) is 27.2 Å². The molecule has 0 aliphatic rings. The number of carbonyl (C=O) groups is 2. The Kier molecular flexibility index (Phi) is 6.09. The Balaban J connectivity index is 2.92. The van der Waals surface area contributed by atoms with Crippen molar-refractivity contribution in [1.29, 1.82) is 0 Å². The Bertz CT molecular complexity index is 722. The zero-order valence-corrected chi connectivity index (χ0v) is 13.1. The third kappa shape index (κ3) is 4.59. The zero-order chi connectivity index (χ0) is 18.4. The summed E-state index contributed by atoms with van der Waals surface area (Å²) in [6.07, 6.45) is 1.06. The van der Waals surface area contributed by atoms with E-state index in [0.29, 0.717) is 0 Å². The van der Waals surface area contributed by atoms with Gasteiger partial charge in [-0.1, -0.05) is 0 Å². The van der Waals surface area contributed by atoms with E-state index in [1.54, 1.807) is 6.92 Å². The number of hydrogen-bond acceptors (Lipinski definition) is 8. The Hall–Kier alpha value is -3.31. The molecule has 24 heavy (non-hydrogen) atoms. The fraction of sp³-hybridized carbons (Fsp3) is 0.417. The maximum absolute atomic E-state index is 11.9. The molecule has 1 aromatic rings. The lowest BCUT2D eigenvalue weighted by molar-refractivity contribution is -0.424. The predicted octanol–water partition coefficient (Wildman–Crippen LogP) is 0.591. The number of allylic oxidation sites excluding steroid dienone is 1. The molecule has 0 saturated heterocycles. The van der Waals surface area contributed by atoms with Gasteiger partial charge in [0.25, 0.3) is 0 Å². The molecule has 0 saturated carbocycles. The maximum Gasteiger partial charge on any atom is 0.468 e. The largest absolute Gasteiger partial charge is 0.468 e. The third-order valence-electron chi connectivity index (χ3n) is 2.76. The average Bonchev–Trinajstić information content (AvgIpc) is 2.76. The van der Waals surface area contributed by atoms with E-state index in [-0.39, 0.29) is 18.0 Å². The van der Waals surface area contributed by atoms with Crippen LogP contribution in [0.2, 0.25) is 0 Å². The first-order chi connectivity index (χ1) is 11.2. The molecule has 130 valence electrons. The Morgan fingerprint density at radius 3 is 2.42 bits per heavy atom. The molecule has 0 aliphatic carbocycles. The summed E-state index contributed by atoms with van der Waals surface area (Å²) in [5, 5.41) is 27.5.